The van der Waals surface area contributed by atoms with E-state index >= 15 is 0 Å². The van der Waals surface area contributed by atoms with Crippen LogP contribution < -0.4 is 5.32 Å². The number of rotatable bonds is 8. The smallest absolute Gasteiger partial charge is 0.412 e. The molecule has 0 saturated carbocycles. The third-order valence-electron chi connectivity index (χ3n) is 4.39. The highest BCUT2D eigenvalue weighted by molar-refractivity contribution is 7.89. The Balaban J connectivity index is 2.45. The molecule has 33 heavy (non-hydrogen) atoms. The number of para-hydroxylation sites is 1. The summed E-state index contributed by atoms with van der Waals surface area (Å²) in [5.74, 6) is -1.43. The number of carboxylic acid groups (broad SMARTS) is 1. The van der Waals surface area contributed by atoms with Crippen molar-refractivity contribution in [3.05, 3.63) is 64.2 Å². The Morgan fingerprint density at radius 3 is 2.39 bits per heavy atom. The van der Waals surface area contributed by atoms with E-state index in [0.717, 1.165) is 13.0 Å². The highest BCUT2D eigenvalue weighted by Crippen LogP contribution is 2.27. The number of hydrogen-bond acceptors (Lipinski definition) is 7. The fourth-order valence-electron chi connectivity index (χ4n) is 2.83. The zero-order valence-electron chi connectivity index (χ0n) is 18.5. The highest BCUT2D eigenvalue weighted by Gasteiger charge is 2.35. The molecule has 2 rings (SSSR count). The van der Waals surface area contributed by atoms with Crippen molar-refractivity contribution in [2.45, 2.75) is 50.8 Å². The van der Waals surface area contributed by atoms with Crippen LogP contribution in [0.5, 0.6) is 0 Å². The van der Waals surface area contributed by atoms with Gasteiger partial charge in [0, 0.05) is 23.9 Å². The van der Waals surface area contributed by atoms with E-state index in [2.05, 4.69) is 5.32 Å². The van der Waals surface area contributed by atoms with Gasteiger partial charge in [0.05, 0.1) is 9.82 Å². The Labute approximate surface area is 191 Å². The molecular formula is C21H25N3O8S. The van der Waals surface area contributed by atoms with Crippen molar-refractivity contribution in [3.63, 3.8) is 0 Å². The standard InChI is InChI=1S/C21H25N3O8S/c1-14(19(25)26)23(13-15-8-5-6-11-18(15)24(28)29)33(30,31)17-10-7-9-16(12-17)22-20(27)32-21(2,3)4/h5-12,14H,13H2,1-4H3,(H,22,27)(H,25,26)/t14-/m0/s1. The number of nitrogens with one attached hydrogen (secondary N) is 1. The second-order valence-corrected chi connectivity index (χ2v) is 10.00. The van der Waals surface area contributed by atoms with Crippen molar-refractivity contribution in [1.29, 1.82) is 0 Å². The third kappa shape index (κ3) is 6.73. The van der Waals surface area contributed by atoms with Crippen molar-refractivity contribution >= 4 is 33.5 Å². The molecule has 0 unspecified atom stereocenters. The molecule has 12 heteroatoms. The first-order chi connectivity index (χ1) is 15.2. The van der Waals surface area contributed by atoms with Crippen LogP contribution in [0.25, 0.3) is 0 Å². The van der Waals surface area contributed by atoms with Crippen LogP contribution >= 0.6 is 0 Å². The number of ether oxygens (including phenoxy) is 1. The summed E-state index contributed by atoms with van der Waals surface area (Å²) in [5, 5.41) is 23.3. The molecule has 2 aromatic carbocycles. The quantitative estimate of drug-likeness (QED) is 0.429. The van der Waals surface area contributed by atoms with Crippen molar-refractivity contribution in [3.8, 4) is 0 Å². The van der Waals surface area contributed by atoms with Crippen LogP contribution in [0, 0.1) is 10.1 Å². The topological polar surface area (TPSA) is 156 Å². The maximum Gasteiger partial charge on any atom is 0.412 e. The summed E-state index contributed by atoms with van der Waals surface area (Å²) in [7, 11) is -4.44. The number of nitro groups is 1. The lowest BCUT2D eigenvalue weighted by Crippen LogP contribution is -2.42. The van der Waals surface area contributed by atoms with Gasteiger partial charge >= 0.3 is 12.1 Å². The molecule has 0 saturated heterocycles. The van der Waals surface area contributed by atoms with E-state index in [0.29, 0.717) is 4.31 Å². The van der Waals surface area contributed by atoms with E-state index in [1.54, 1.807) is 20.8 Å². The third-order valence-corrected chi connectivity index (χ3v) is 6.30. The summed E-state index contributed by atoms with van der Waals surface area (Å²) in [5.41, 5.74) is -0.969. The molecule has 0 fully saturated rings. The molecule has 0 spiro atoms. The van der Waals surface area contributed by atoms with Gasteiger partial charge in [-0.25, -0.2) is 13.2 Å². The Morgan fingerprint density at radius 2 is 1.82 bits per heavy atom. The van der Waals surface area contributed by atoms with E-state index in [4.69, 9.17) is 4.74 Å². The van der Waals surface area contributed by atoms with Gasteiger partial charge in [-0.15, -0.1) is 0 Å². The van der Waals surface area contributed by atoms with Crippen LogP contribution in [0.2, 0.25) is 0 Å². The summed E-state index contributed by atoms with van der Waals surface area (Å²) in [6, 6.07) is 9.14. The lowest BCUT2D eigenvalue weighted by atomic mass is 10.1. The van der Waals surface area contributed by atoms with Gasteiger partial charge < -0.3 is 9.84 Å². The van der Waals surface area contributed by atoms with Crippen LogP contribution in [-0.2, 0) is 26.1 Å². The number of amides is 1. The highest BCUT2D eigenvalue weighted by atomic mass is 32.2. The molecule has 0 aliphatic carbocycles. The first-order valence-electron chi connectivity index (χ1n) is 9.79. The number of carbonyl (C=O) groups excluding carboxylic acids is 1. The Hall–Kier alpha value is -3.51. The average molecular weight is 480 g/mol. The van der Waals surface area contributed by atoms with E-state index < -0.39 is 45.2 Å². The summed E-state index contributed by atoms with van der Waals surface area (Å²) in [6.45, 7) is 5.62. The Bertz CT molecular complexity index is 1160. The van der Waals surface area contributed by atoms with Crippen LogP contribution in [0.3, 0.4) is 0 Å². The minimum absolute atomic E-state index is 0.0298. The molecule has 0 aromatic heterocycles. The SMILES string of the molecule is C[C@@H](C(=O)O)N(Cc1ccccc1[N+](=O)[O-])S(=O)(=O)c1cccc(NC(=O)OC(C)(C)C)c1. The van der Waals surface area contributed by atoms with Gasteiger partial charge in [0.25, 0.3) is 5.69 Å². The molecule has 0 radical (unpaired) electrons. The minimum Gasteiger partial charge on any atom is -0.480 e. The fourth-order valence-corrected chi connectivity index (χ4v) is 4.45. The van der Waals surface area contributed by atoms with Gasteiger partial charge in [0.1, 0.15) is 11.6 Å². The molecule has 1 atom stereocenters. The minimum atomic E-state index is -4.44. The molecule has 2 aromatic rings. The van der Waals surface area contributed by atoms with E-state index in [-0.39, 0.29) is 21.8 Å². The number of hydrogen-bond donors (Lipinski definition) is 2. The predicted octanol–water partition coefficient (Wildman–Crippen LogP) is 3.61. The second kappa shape index (κ2) is 9.96. The monoisotopic (exact) mass is 479 g/mol. The number of anilines is 1. The summed E-state index contributed by atoms with van der Waals surface area (Å²) in [6.07, 6.45) is -0.798. The van der Waals surface area contributed by atoms with E-state index in [1.165, 1.54) is 42.5 Å². The van der Waals surface area contributed by atoms with Crippen molar-refractivity contribution in [2.75, 3.05) is 5.32 Å². The van der Waals surface area contributed by atoms with Gasteiger partial charge in [0.15, 0.2) is 0 Å². The zero-order chi connectivity index (χ0) is 25.0. The molecule has 11 nitrogen and oxygen atoms in total. The molecule has 2 N–H and O–H groups in total. The number of sulfonamides is 1. The Morgan fingerprint density at radius 1 is 1.18 bits per heavy atom. The molecule has 178 valence electrons. The van der Waals surface area contributed by atoms with Crippen molar-refractivity contribution in [1.82, 2.24) is 4.31 Å². The number of nitro benzene ring substituents is 1. The van der Waals surface area contributed by atoms with Gasteiger partial charge in [-0.2, -0.15) is 4.31 Å². The molecule has 0 heterocycles. The molecular weight excluding hydrogens is 454 g/mol. The maximum absolute atomic E-state index is 13.4. The fraction of sp³-hybridized carbons (Fsp3) is 0.333. The van der Waals surface area contributed by atoms with E-state index in [9.17, 15) is 33.2 Å². The first kappa shape index (κ1) is 25.7. The van der Waals surface area contributed by atoms with Gasteiger partial charge in [-0.05, 0) is 45.9 Å². The van der Waals surface area contributed by atoms with Crippen LogP contribution in [0.4, 0.5) is 16.2 Å². The number of carbonyl (C=O) groups is 2. The van der Waals surface area contributed by atoms with E-state index in [1.807, 2.05) is 0 Å². The molecule has 0 bridgehead atoms. The normalized spacial score (nSPS) is 12.8. The number of benzene rings is 2. The number of carboxylic acids is 1. The van der Waals surface area contributed by atoms with Crippen LogP contribution in [0.1, 0.15) is 33.3 Å². The lowest BCUT2D eigenvalue weighted by molar-refractivity contribution is -0.385. The molecule has 1 amide bonds. The average Bonchev–Trinajstić information content (AvgIpc) is 2.70. The lowest BCUT2D eigenvalue weighted by Gasteiger charge is -2.26. The van der Waals surface area contributed by atoms with Crippen LogP contribution in [0.15, 0.2) is 53.4 Å². The summed E-state index contributed by atoms with van der Waals surface area (Å²) in [4.78, 5) is 34.1. The van der Waals surface area contributed by atoms with Gasteiger partial charge in [0.2, 0.25) is 10.0 Å². The van der Waals surface area contributed by atoms with Crippen molar-refractivity contribution < 1.29 is 32.8 Å². The van der Waals surface area contributed by atoms with Gasteiger partial charge in [-0.1, -0.05) is 24.3 Å². The first-order valence-corrected chi connectivity index (χ1v) is 11.2. The molecule has 0 aliphatic rings. The number of aliphatic carboxylic acids is 1. The second-order valence-electron chi connectivity index (χ2n) is 8.11. The van der Waals surface area contributed by atoms with Crippen molar-refractivity contribution in [2.24, 2.45) is 0 Å². The van der Waals surface area contributed by atoms with Gasteiger partial charge in [-0.3, -0.25) is 20.2 Å². The maximum atomic E-state index is 13.4. The predicted molar refractivity (Wildman–Crippen MR) is 119 cm³/mol. The summed E-state index contributed by atoms with van der Waals surface area (Å²) < 4.78 is 32.6. The summed E-state index contributed by atoms with van der Waals surface area (Å²) >= 11 is 0. The largest absolute Gasteiger partial charge is 0.480 e. The molecule has 0 aliphatic heterocycles. The van der Waals surface area contributed by atoms with Crippen LogP contribution in [-0.4, -0.2) is 46.5 Å². The number of nitrogens with zero attached hydrogens (tertiary/aromatic N) is 2. The Kier molecular flexibility index (Phi) is 7.77. The zero-order valence-corrected chi connectivity index (χ0v) is 19.3.